The summed E-state index contributed by atoms with van der Waals surface area (Å²) in [6.45, 7) is 10.5. The van der Waals surface area contributed by atoms with E-state index in [0.29, 0.717) is 13.0 Å². The first kappa shape index (κ1) is 19.5. The summed E-state index contributed by atoms with van der Waals surface area (Å²) in [5.41, 5.74) is 0.0417. The van der Waals surface area contributed by atoms with Gasteiger partial charge in [-0.25, -0.2) is 0 Å². The van der Waals surface area contributed by atoms with Crippen LogP contribution in [0.15, 0.2) is 0 Å². The maximum atomic E-state index is 9.73. The molecule has 0 aromatic carbocycles. The van der Waals surface area contributed by atoms with Crippen LogP contribution in [0.25, 0.3) is 0 Å². The fourth-order valence-electron chi connectivity index (χ4n) is 0.181. The molecule has 0 aliphatic rings. The maximum Gasteiger partial charge on any atom is 0.210 e. The number of hydrogen-bond donors (Lipinski definition) is 0. The first-order valence-electron chi connectivity index (χ1n) is 5.01. The predicted octanol–water partition coefficient (Wildman–Crippen LogP) is 2.17. The van der Waals surface area contributed by atoms with Crippen molar-refractivity contribution in [1.29, 1.82) is 0 Å². The van der Waals surface area contributed by atoms with E-state index < -0.39 is 0 Å². The molecule has 0 unspecified atom stereocenters. The summed E-state index contributed by atoms with van der Waals surface area (Å²) in [5, 5.41) is 0. The van der Waals surface area contributed by atoms with Gasteiger partial charge in [-0.05, 0) is 20.8 Å². The Morgan fingerprint density at radius 1 is 1.40 bits per heavy atom. The van der Waals surface area contributed by atoms with Gasteiger partial charge in [0.15, 0.2) is 0 Å². The number of amides is 1. The van der Waals surface area contributed by atoms with E-state index in [-0.39, 0.29) is 5.60 Å². The second-order valence-corrected chi connectivity index (χ2v) is 3.54. The van der Waals surface area contributed by atoms with Gasteiger partial charge in [-0.2, -0.15) is 0 Å². The molecule has 3 heteroatoms. The lowest BCUT2D eigenvalue weighted by molar-refractivity contribution is -0.116. The predicted molar refractivity (Wildman–Crippen MR) is 65.6 cm³/mol. The lowest BCUT2D eigenvalue weighted by Crippen LogP contribution is -2.15. The molecule has 0 atom stereocenters. The van der Waals surface area contributed by atoms with E-state index in [0.717, 1.165) is 0 Å². The molecule has 0 saturated carbocycles. The van der Waals surface area contributed by atoms with Crippen molar-refractivity contribution in [3.63, 3.8) is 0 Å². The second-order valence-electron chi connectivity index (χ2n) is 3.54. The number of terminal acetylenes is 1. The third kappa shape index (κ3) is 32.1. The monoisotopic (exact) mass is 215 g/mol. The fourth-order valence-corrected chi connectivity index (χ4v) is 0.181. The van der Waals surface area contributed by atoms with Crippen LogP contribution in [-0.2, 0) is 9.53 Å². The molecule has 15 heavy (non-hydrogen) atoms. The largest absolute Gasteiger partial charge is 0.379 e. The van der Waals surface area contributed by atoms with Crippen molar-refractivity contribution in [2.75, 3.05) is 20.7 Å². The van der Waals surface area contributed by atoms with Crippen molar-refractivity contribution in [3.8, 4) is 12.3 Å². The van der Waals surface area contributed by atoms with Gasteiger partial charge in [0, 0.05) is 14.2 Å². The van der Waals surface area contributed by atoms with E-state index in [1.807, 2.05) is 34.6 Å². The highest BCUT2D eigenvalue weighted by molar-refractivity contribution is 5.46. The highest BCUT2D eigenvalue weighted by atomic mass is 16.5. The van der Waals surface area contributed by atoms with Gasteiger partial charge in [0.2, 0.25) is 6.41 Å². The van der Waals surface area contributed by atoms with E-state index in [1.165, 1.54) is 4.90 Å². The fraction of sp³-hybridized carbons (Fsp3) is 0.750. The van der Waals surface area contributed by atoms with Crippen molar-refractivity contribution in [2.24, 2.45) is 0 Å². The van der Waals surface area contributed by atoms with Crippen molar-refractivity contribution in [1.82, 2.24) is 4.90 Å². The molecule has 1 amide bonds. The van der Waals surface area contributed by atoms with Gasteiger partial charge in [0.05, 0.1) is 12.1 Å². The van der Waals surface area contributed by atoms with Crippen molar-refractivity contribution in [3.05, 3.63) is 0 Å². The number of nitrogens with zero attached hydrogens (tertiary/aromatic N) is 1. The summed E-state index contributed by atoms with van der Waals surface area (Å²) < 4.78 is 4.94. The van der Waals surface area contributed by atoms with E-state index in [1.54, 1.807) is 14.2 Å². The van der Waals surface area contributed by atoms with Gasteiger partial charge in [-0.3, -0.25) is 4.79 Å². The Kier molecular flexibility index (Phi) is 16.9. The summed E-state index contributed by atoms with van der Waals surface area (Å²) in [7, 11) is 3.34. The lowest BCUT2D eigenvalue weighted by Gasteiger charge is -2.14. The SMILES string of the molecule is C#CCN(C)C=O.CC.COC(C)(C)C. The van der Waals surface area contributed by atoms with Crippen LogP contribution in [0.3, 0.4) is 0 Å². The number of methoxy groups -OCH3 is 1. The molecule has 0 N–H and O–H groups in total. The molecule has 0 aliphatic carbocycles. The highest BCUT2D eigenvalue weighted by Gasteiger charge is 2.03. The maximum absolute atomic E-state index is 9.73. The van der Waals surface area contributed by atoms with Crippen LogP contribution < -0.4 is 0 Å². The minimum absolute atomic E-state index is 0.0417. The Bertz CT molecular complexity index is 165. The van der Waals surface area contributed by atoms with Crippen molar-refractivity contribution >= 4 is 6.41 Å². The van der Waals surface area contributed by atoms with E-state index in [2.05, 4.69) is 5.92 Å². The molecule has 0 aliphatic heterocycles. The average molecular weight is 215 g/mol. The van der Waals surface area contributed by atoms with Gasteiger partial charge in [-0.1, -0.05) is 19.8 Å². The third-order valence-electron chi connectivity index (χ3n) is 1.13. The summed E-state index contributed by atoms with van der Waals surface area (Å²) in [4.78, 5) is 11.1. The Labute approximate surface area is 94.8 Å². The topological polar surface area (TPSA) is 29.5 Å². The standard InChI is InChI=1S/C5H7NO.C5H12O.C2H6/c1-3-4-6(2)5-7;1-5(2,3)6-4;1-2/h1,5H,4H2,2H3;1-4H3;1-2H3. The molecular weight excluding hydrogens is 190 g/mol. The Morgan fingerprint density at radius 3 is 1.80 bits per heavy atom. The van der Waals surface area contributed by atoms with Crippen LogP contribution in [0.2, 0.25) is 0 Å². The first-order valence-corrected chi connectivity index (χ1v) is 5.01. The molecule has 0 fully saturated rings. The minimum atomic E-state index is 0.0417. The van der Waals surface area contributed by atoms with Crippen molar-refractivity contribution < 1.29 is 9.53 Å². The molecule has 0 rings (SSSR count). The summed E-state index contributed by atoms with van der Waals surface area (Å²) in [5.74, 6) is 2.31. The second kappa shape index (κ2) is 13.0. The number of ether oxygens (including phenoxy) is 1. The molecule has 0 radical (unpaired) electrons. The molecule has 0 bridgehead atoms. The van der Waals surface area contributed by atoms with Crippen LogP contribution >= 0.6 is 0 Å². The molecular formula is C12H25NO2. The summed E-state index contributed by atoms with van der Waals surface area (Å²) in [6, 6.07) is 0. The zero-order valence-corrected chi connectivity index (χ0v) is 11.1. The van der Waals surface area contributed by atoms with E-state index in [9.17, 15) is 4.79 Å². The van der Waals surface area contributed by atoms with Crippen LogP contribution in [0, 0.1) is 12.3 Å². The molecule has 0 aromatic rings. The zero-order valence-electron chi connectivity index (χ0n) is 11.1. The van der Waals surface area contributed by atoms with E-state index >= 15 is 0 Å². The van der Waals surface area contributed by atoms with Gasteiger partial charge < -0.3 is 9.64 Å². The number of rotatable bonds is 2. The third-order valence-corrected chi connectivity index (χ3v) is 1.13. The van der Waals surface area contributed by atoms with Crippen molar-refractivity contribution in [2.45, 2.75) is 40.2 Å². The van der Waals surface area contributed by atoms with Gasteiger partial charge in [0.25, 0.3) is 0 Å². The minimum Gasteiger partial charge on any atom is -0.379 e. The van der Waals surface area contributed by atoms with E-state index in [4.69, 9.17) is 11.2 Å². The quantitative estimate of drug-likeness (QED) is 0.522. The number of carbonyl (C=O) groups excluding carboxylic acids is 1. The van der Waals surface area contributed by atoms with Crippen LogP contribution in [0.1, 0.15) is 34.6 Å². The molecule has 0 heterocycles. The molecule has 0 spiro atoms. The zero-order chi connectivity index (χ0) is 12.9. The smallest absolute Gasteiger partial charge is 0.210 e. The van der Waals surface area contributed by atoms with Gasteiger partial charge in [0.1, 0.15) is 0 Å². The molecule has 90 valence electrons. The van der Waals surface area contributed by atoms with Gasteiger partial charge >= 0.3 is 0 Å². The lowest BCUT2D eigenvalue weighted by atomic mass is 10.2. The average Bonchev–Trinajstić information content (AvgIpc) is 2.21. The van der Waals surface area contributed by atoms with Crippen LogP contribution in [0.5, 0.6) is 0 Å². The molecule has 0 aromatic heterocycles. The Morgan fingerprint density at radius 2 is 1.73 bits per heavy atom. The Hall–Kier alpha value is -1.01. The highest BCUT2D eigenvalue weighted by Crippen LogP contribution is 2.02. The van der Waals surface area contributed by atoms with Gasteiger partial charge in [-0.15, -0.1) is 6.42 Å². The molecule has 3 nitrogen and oxygen atoms in total. The summed E-state index contributed by atoms with van der Waals surface area (Å²) in [6.07, 6.45) is 5.55. The van der Waals surface area contributed by atoms with Crippen LogP contribution in [-0.4, -0.2) is 37.6 Å². The summed E-state index contributed by atoms with van der Waals surface area (Å²) >= 11 is 0. The number of hydrogen-bond acceptors (Lipinski definition) is 2. The normalized spacial score (nSPS) is 8.40. The Balaban J connectivity index is -0.000000166. The number of carbonyl (C=O) groups is 1. The first-order chi connectivity index (χ1) is 6.87. The molecule has 0 saturated heterocycles. The van der Waals surface area contributed by atoms with Crippen LogP contribution in [0.4, 0.5) is 0 Å².